The van der Waals surface area contributed by atoms with Crippen LogP contribution in [0.4, 0.5) is 0 Å². The zero-order valence-corrected chi connectivity index (χ0v) is 10.2. The van der Waals surface area contributed by atoms with Crippen LogP contribution in [0.3, 0.4) is 0 Å². The summed E-state index contributed by atoms with van der Waals surface area (Å²) in [6.45, 7) is 3.26. The fraction of sp³-hybridized carbons (Fsp3) is 0.417. The van der Waals surface area contributed by atoms with E-state index in [1.807, 2.05) is 19.1 Å². The number of fused-ring (bicyclic) bond motifs is 1. The molecule has 2 rings (SSSR count). The summed E-state index contributed by atoms with van der Waals surface area (Å²) in [4.78, 5) is 12.3. The van der Waals surface area contributed by atoms with Crippen LogP contribution >= 0.6 is 11.8 Å². The molecule has 1 aliphatic rings. The van der Waals surface area contributed by atoms with Crippen LogP contribution in [0.15, 0.2) is 29.2 Å². The predicted octanol–water partition coefficient (Wildman–Crippen LogP) is 2.33. The van der Waals surface area contributed by atoms with Crippen LogP contribution in [0.5, 0.6) is 0 Å². The Labute approximate surface area is 99.4 Å². The fourth-order valence-corrected chi connectivity index (χ4v) is 3.28. The number of carbonyl (C=O) groups excluding carboxylic acids is 1. The van der Waals surface area contributed by atoms with Crippen molar-refractivity contribution in [1.82, 2.24) is 5.06 Å². The Bertz CT molecular complexity index is 383. The van der Waals surface area contributed by atoms with Gasteiger partial charge in [0.2, 0.25) is 5.91 Å². The molecule has 2 atom stereocenters. The molecule has 3 nitrogen and oxygen atoms in total. The summed E-state index contributed by atoms with van der Waals surface area (Å²) in [5.74, 6) is -0.302. The summed E-state index contributed by atoms with van der Waals surface area (Å²) < 4.78 is 0. The number of amides is 1. The van der Waals surface area contributed by atoms with Gasteiger partial charge in [0.1, 0.15) is 0 Å². The van der Waals surface area contributed by atoms with Crippen molar-refractivity contribution < 1.29 is 10.0 Å². The van der Waals surface area contributed by atoms with Crippen LogP contribution in [-0.4, -0.2) is 27.5 Å². The number of carbonyl (C=O) groups is 1. The molecular weight excluding hydrogens is 222 g/mol. The van der Waals surface area contributed by atoms with Crippen LogP contribution in [0, 0.1) is 0 Å². The zero-order valence-electron chi connectivity index (χ0n) is 9.38. The third kappa shape index (κ3) is 2.08. The van der Waals surface area contributed by atoms with Crippen LogP contribution in [0.25, 0.3) is 0 Å². The predicted molar refractivity (Wildman–Crippen MR) is 63.6 cm³/mol. The van der Waals surface area contributed by atoms with Crippen LogP contribution in [0.1, 0.15) is 19.4 Å². The molecule has 1 aliphatic heterocycles. The average Bonchev–Trinajstić information content (AvgIpc) is 2.70. The van der Waals surface area contributed by atoms with E-state index in [2.05, 4.69) is 12.1 Å². The van der Waals surface area contributed by atoms with E-state index in [0.29, 0.717) is 0 Å². The van der Waals surface area contributed by atoms with Gasteiger partial charge in [0.15, 0.2) is 0 Å². The topological polar surface area (TPSA) is 40.5 Å². The molecule has 0 saturated heterocycles. The summed E-state index contributed by atoms with van der Waals surface area (Å²) in [6, 6.07) is 8.07. The van der Waals surface area contributed by atoms with Crippen LogP contribution in [0.2, 0.25) is 0 Å². The minimum absolute atomic E-state index is 0.158. The SMILES string of the molecule is CC(=O)N(O)C(C)C1Cc2ccccc2S1. The molecule has 1 amide bonds. The van der Waals surface area contributed by atoms with Crippen molar-refractivity contribution in [3.8, 4) is 0 Å². The van der Waals surface area contributed by atoms with E-state index in [1.54, 1.807) is 11.8 Å². The van der Waals surface area contributed by atoms with Gasteiger partial charge in [-0.25, -0.2) is 5.06 Å². The third-order valence-electron chi connectivity index (χ3n) is 2.92. The smallest absolute Gasteiger partial charge is 0.243 e. The average molecular weight is 237 g/mol. The Balaban J connectivity index is 2.09. The molecular formula is C12H15NO2S. The molecule has 0 spiro atoms. The molecule has 0 radical (unpaired) electrons. The Morgan fingerprint density at radius 2 is 2.25 bits per heavy atom. The molecule has 1 N–H and O–H groups in total. The van der Waals surface area contributed by atoms with Crippen molar-refractivity contribution >= 4 is 17.7 Å². The Hall–Kier alpha value is -1.00. The molecule has 16 heavy (non-hydrogen) atoms. The van der Waals surface area contributed by atoms with Crippen molar-refractivity contribution in [1.29, 1.82) is 0 Å². The summed E-state index contributed by atoms with van der Waals surface area (Å²) in [7, 11) is 0. The quantitative estimate of drug-likeness (QED) is 0.634. The van der Waals surface area contributed by atoms with Crippen molar-refractivity contribution in [3.63, 3.8) is 0 Å². The van der Waals surface area contributed by atoms with E-state index in [0.717, 1.165) is 11.5 Å². The Morgan fingerprint density at radius 3 is 2.88 bits per heavy atom. The number of thioether (sulfide) groups is 1. The summed E-state index contributed by atoms with van der Waals surface area (Å²) in [5, 5.41) is 10.7. The van der Waals surface area contributed by atoms with Gasteiger partial charge in [0.05, 0.1) is 6.04 Å². The summed E-state index contributed by atoms with van der Waals surface area (Å²) in [5.41, 5.74) is 1.31. The van der Waals surface area contributed by atoms with E-state index in [-0.39, 0.29) is 17.2 Å². The number of nitrogens with zero attached hydrogens (tertiary/aromatic N) is 1. The maximum absolute atomic E-state index is 11.1. The molecule has 4 heteroatoms. The molecule has 0 fully saturated rings. The van der Waals surface area contributed by atoms with E-state index in [9.17, 15) is 10.0 Å². The highest BCUT2D eigenvalue weighted by atomic mass is 32.2. The fourth-order valence-electron chi connectivity index (χ4n) is 1.92. The molecule has 0 aliphatic carbocycles. The van der Waals surface area contributed by atoms with Gasteiger partial charge in [-0.1, -0.05) is 18.2 Å². The Morgan fingerprint density at radius 1 is 1.56 bits per heavy atom. The number of benzene rings is 1. The lowest BCUT2D eigenvalue weighted by atomic mass is 10.1. The lowest BCUT2D eigenvalue weighted by Crippen LogP contribution is -2.40. The van der Waals surface area contributed by atoms with Gasteiger partial charge < -0.3 is 0 Å². The minimum atomic E-state index is -0.302. The molecule has 0 aromatic heterocycles. The van der Waals surface area contributed by atoms with Gasteiger partial charge in [-0.3, -0.25) is 10.0 Å². The van der Waals surface area contributed by atoms with Crippen molar-refractivity contribution in [3.05, 3.63) is 29.8 Å². The van der Waals surface area contributed by atoms with Gasteiger partial charge >= 0.3 is 0 Å². The highest BCUT2D eigenvalue weighted by Gasteiger charge is 2.30. The van der Waals surface area contributed by atoms with Crippen molar-refractivity contribution in [2.24, 2.45) is 0 Å². The highest BCUT2D eigenvalue weighted by molar-refractivity contribution is 8.00. The van der Waals surface area contributed by atoms with Crippen molar-refractivity contribution in [2.75, 3.05) is 0 Å². The molecule has 0 bridgehead atoms. The maximum atomic E-state index is 11.1. The molecule has 2 unspecified atom stereocenters. The first kappa shape index (κ1) is 11.5. The summed E-state index contributed by atoms with van der Waals surface area (Å²) in [6.07, 6.45) is 0.909. The second kappa shape index (κ2) is 4.47. The third-order valence-corrected chi connectivity index (χ3v) is 4.43. The molecule has 0 saturated carbocycles. The number of hydrogen-bond donors (Lipinski definition) is 1. The number of rotatable bonds is 2. The first-order chi connectivity index (χ1) is 7.59. The van der Waals surface area contributed by atoms with E-state index >= 15 is 0 Å². The molecule has 86 valence electrons. The molecule has 1 aromatic rings. The van der Waals surface area contributed by atoms with Gasteiger partial charge in [-0.05, 0) is 25.0 Å². The van der Waals surface area contributed by atoms with Gasteiger partial charge in [0.25, 0.3) is 0 Å². The van der Waals surface area contributed by atoms with E-state index < -0.39 is 0 Å². The molecule has 1 heterocycles. The van der Waals surface area contributed by atoms with Gasteiger partial charge in [-0.2, -0.15) is 0 Å². The van der Waals surface area contributed by atoms with E-state index in [4.69, 9.17) is 0 Å². The largest absolute Gasteiger partial charge is 0.286 e. The number of hydrogen-bond acceptors (Lipinski definition) is 3. The normalized spacial score (nSPS) is 20.3. The van der Waals surface area contributed by atoms with Gasteiger partial charge in [0, 0.05) is 17.1 Å². The van der Waals surface area contributed by atoms with Gasteiger partial charge in [-0.15, -0.1) is 11.8 Å². The maximum Gasteiger partial charge on any atom is 0.243 e. The van der Waals surface area contributed by atoms with Crippen LogP contribution < -0.4 is 0 Å². The second-order valence-electron chi connectivity index (χ2n) is 4.07. The minimum Gasteiger partial charge on any atom is -0.286 e. The monoisotopic (exact) mass is 237 g/mol. The van der Waals surface area contributed by atoms with E-state index in [1.165, 1.54) is 17.4 Å². The van der Waals surface area contributed by atoms with Crippen LogP contribution in [-0.2, 0) is 11.2 Å². The van der Waals surface area contributed by atoms with Crippen molar-refractivity contribution in [2.45, 2.75) is 36.5 Å². The summed E-state index contributed by atoms with van der Waals surface area (Å²) >= 11 is 1.74. The second-order valence-corrected chi connectivity index (χ2v) is 5.35. The Kier molecular flexibility index (Phi) is 3.21. The zero-order chi connectivity index (χ0) is 11.7. The standard InChI is InChI=1S/C12H15NO2S/c1-8(13(15)9(2)14)12-7-10-5-3-4-6-11(10)16-12/h3-6,8,12,15H,7H2,1-2H3. The highest BCUT2D eigenvalue weighted by Crippen LogP contribution is 2.39. The number of hydroxylamine groups is 2. The lowest BCUT2D eigenvalue weighted by molar-refractivity contribution is -0.171. The first-order valence-corrected chi connectivity index (χ1v) is 6.21. The lowest BCUT2D eigenvalue weighted by Gasteiger charge is -2.25. The molecule has 1 aromatic carbocycles. The first-order valence-electron chi connectivity index (χ1n) is 5.33.